The van der Waals surface area contributed by atoms with Crippen LogP contribution in [0.3, 0.4) is 0 Å². The van der Waals surface area contributed by atoms with Crippen LogP contribution in [0.25, 0.3) is 11.0 Å². The maximum atomic E-state index is 6.14. The molecule has 0 bridgehead atoms. The van der Waals surface area contributed by atoms with E-state index in [4.69, 9.17) is 19.9 Å². The lowest BCUT2D eigenvalue weighted by Gasteiger charge is -2.53. The van der Waals surface area contributed by atoms with E-state index in [0.717, 1.165) is 91.8 Å². The molecule has 2 aliphatic rings. The molecule has 2 aromatic heterocycles. The highest BCUT2D eigenvalue weighted by Gasteiger charge is 2.46. The van der Waals surface area contributed by atoms with Crippen molar-refractivity contribution in [2.75, 3.05) is 71.6 Å². The highest BCUT2D eigenvalue weighted by atomic mass is 16.5. The van der Waals surface area contributed by atoms with Gasteiger partial charge >= 0.3 is 0 Å². The first-order chi connectivity index (χ1) is 18.4. The van der Waals surface area contributed by atoms with Gasteiger partial charge in [0.15, 0.2) is 5.82 Å². The first-order valence-electron chi connectivity index (χ1n) is 13.6. The standard InChI is InChI=1S/C28H41N7O3/c1-5-6-7-9-30-26-25-22(31-27(29)32-26)8-10-35(25)16-21-23(36-3)13-20(14-24(21)37-4)15-34-18-28(19-34)17-33(2)11-12-38-28/h8,10,13-14H,5-7,9,11-12,15-19H2,1-4H3,(H3,29,30,31,32). The molecule has 206 valence electrons. The van der Waals surface area contributed by atoms with Gasteiger partial charge < -0.3 is 34.7 Å². The number of rotatable bonds is 11. The summed E-state index contributed by atoms with van der Waals surface area (Å²) < 4.78 is 20.0. The summed E-state index contributed by atoms with van der Waals surface area (Å²) in [7, 11) is 5.59. The van der Waals surface area contributed by atoms with Crippen molar-refractivity contribution < 1.29 is 14.2 Å². The second-order valence-corrected chi connectivity index (χ2v) is 10.6. The van der Waals surface area contributed by atoms with Gasteiger partial charge in [0.2, 0.25) is 5.95 Å². The van der Waals surface area contributed by atoms with Crippen LogP contribution in [-0.4, -0.2) is 90.5 Å². The maximum Gasteiger partial charge on any atom is 0.222 e. The van der Waals surface area contributed by atoms with E-state index >= 15 is 0 Å². The van der Waals surface area contributed by atoms with Crippen molar-refractivity contribution in [3.8, 4) is 11.5 Å². The first-order valence-corrected chi connectivity index (χ1v) is 13.6. The van der Waals surface area contributed by atoms with Crippen molar-refractivity contribution in [3.05, 3.63) is 35.5 Å². The molecule has 0 aliphatic carbocycles. The molecule has 1 aromatic carbocycles. The van der Waals surface area contributed by atoms with Crippen LogP contribution in [-0.2, 0) is 17.8 Å². The molecule has 10 nitrogen and oxygen atoms in total. The average molecular weight is 524 g/mol. The van der Waals surface area contributed by atoms with Crippen molar-refractivity contribution in [3.63, 3.8) is 0 Å². The number of nitrogens with one attached hydrogen (secondary N) is 1. The number of anilines is 2. The number of benzene rings is 1. The Balaban J connectivity index is 1.36. The van der Waals surface area contributed by atoms with Gasteiger partial charge in [0.05, 0.1) is 38.5 Å². The number of likely N-dealkylation sites (tertiary alicyclic amines) is 1. The molecule has 2 fully saturated rings. The Morgan fingerprint density at radius 2 is 1.84 bits per heavy atom. The lowest BCUT2D eigenvalue weighted by molar-refractivity contribution is -0.182. The van der Waals surface area contributed by atoms with Gasteiger partial charge in [-0.1, -0.05) is 19.8 Å². The Kier molecular flexibility index (Phi) is 7.92. The van der Waals surface area contributed by atoms with Gasteiger partial charge in [0.25, 0.3) is 0 Å². The van der Waals surface area contributed by atoms with E-state index in [1.807, 2.05) is 12.3 Å². The fourth-order valence-electron chi connectivity index (χ4n) is 5.78. The molecule has 3 N–H and O–H groups in total. The van der Waals surface area contributed by atoms with E-state index in [1.165, 1.54) is 12.8 Å². The maximum absolute atomic E-state index is 6.14. The zero-order chi connectivity index (χ0) is 26.7. The molecule has 5 rings (SSSR count). The normalized spacial score (nSPS) is 17.6. The Morgan fingerprint density at radius 3 is 2.53 bits per heavy atom. The van der Waals surface area contributed by atoms with Crippen LogP contribution in [0.1, 0.15) is 37.3 Å². The predicted octanol–water partition coefficient (Wildman–Crippen LogP) is 3.20. The zero-order valence-corrected chi connectivity index (χ0v) is 23.1. The SMILES string of the molecule is CCCCCNc1nc(N)nc2ccn(Cc3c(OC)cc(CN4CC5(CN(C)CCO5)C4)cc3OC)c12. The van der Waals surface area contributed by atoms with Gasteiger partial charge in [-0.3, -0.25) is 4.90 Å². The highest BCUT2D eigenvalue weighted by Crippen LogP contribution is 2.36. The molecule has 0 amide bonds. The molecule has 0 saturated carbocycles. The number of nitrogens with zero attached hydrogens (tertiary/aromatic N) is 5. The minimum Gasteiger partial charge on any atom is -0.496 e. The fourth-order valence-corrected chi connectivity index (χ4v) is 5.78. The molecule has 4 heterocycles. The molecule has 2 saturated heterocycles. The summed E-state index contributed by atoms with van der Waals surface area (Å²) in [4.78, 5) is 13.8. The summed E-state index contributed by atoms with van der Waals surface area (Å²) in [6, 6.07) is 6.23. The number of nitrogen functional groups attached to an aromatic ring is 1. The molecule has 0 radical (unpaired) electrons. The number of morpholine rings is 1. The summed E-state index contributed by atoms with van der Waals surface area (Å²) >= 11 is 0. The molecular weight excluding hydrogens is 482 g/mol. The third kappa shape index (κ3) is 5.52. The van der Waals surface area contributed by atoms with Crippen molar-refractivity contribution in [2.45, 2.75) is 44.9 Å². The minimum atomic E-state index is -0.0235. The van der Waals surface area contributed by atoms with Crippen molar-refractivity contribution >= 4 is 22.8 Å². The van der Waals surface area contributed by atoms with Crippen LogP contribution in [0.15, 0.2) is 24.4 Å². The van der Waals surface area contributed by atoms with Gasteiger partial charge in [0.1, 0.15) is 22.6 Å². The summed E-state index contributed by atoms with van der Waals surface area (Å²) in [5, 5.41) is 3.47. The molecule has 38 heavy (non-hydrogen) atoms. The van der Waals surface area contributed by atoms with Crippen molar-refractivity contribution in [2.24, 2.45) is 0 Å². The Bertz CT molecular complexity index is 1230. The van der Waals surface area contributed by atoms with Crippen LogP contribution >= 0.6 is 0 Å². The van der Waals surface area contributed by atoms with Gasteiger partial charge in [-0.05, 0) is 37.2 Å². The predicted molar refractivity (Wildman–Crippen MR) is 150 cm³/mol. The second-order valence-electron chi connectivity index (χ2n) is 10.6. The van der Waals surface area contributed by atoms with E-state index in [2.05, 4.69) is 55.8 Å². The minimum absolute atomic E-state index is 0.0235. The number of unbranched alkanes of at least 4 members (excludes halogenated alkanes) is 2. The summed E-state index contributed by atoms with van der Waals surface area (Å²) in [6.07, 6.45) is 5.43. The summed E-state index contributed by atoms with van der Waals surface area (Å²) in [5.74, 6) is 2.63. The van der Waals surface area contributed by atoms with E-state index in [9.17, 15) is 0 Å². The number of fused-ring (bicyclic) bond motifs is 1. The molecule has 0 unspecified atom stereocenters. The van der Waals surface area contributed by atoms with Gasteiger partial charge in [0, 0.05) is 45.5 Å². The summed E-state index contributed by atoms with van der Waals surface area (Å²) in [5.41, 5.74) is 9.85. The van der Waals surface area contributed by atoms with Crippen LogP contribution < -0.4 is 20.5 Å². The lowest BCUT2D eigenvalue weighted by Crippen LogP contribution is -2.69. The number of hydrogen-bond donors (Lipinski definition) is 2. The number of hydrogen-bond acceptors (Lipinski definition) is 9. The fraction of sp³-hybridized carbons (Fsp3) is 0.571. The third-order valence-electron chi connectivity index (χ3n) is 7.57. The smallest absolute Gasteiger partial charge is 0.222 e. The van der Waals surface area contributed by atoms with Gasteiger partial charge in [-0.2, -0.15) is 4.98 Å². The Hall–Kier alpha value is -3.08. The Labute approximate surface area is 225 Å². The lowest BCUT2D eigenvalue weighted by atomic mass is 9.91. The van der Waals surface area contributed by atoms with Crippen molar-refractivity contribution in [1.29, 1.82) is 0 Å². The van der Waals surface area contributed by atoms with E-state index in [1.54, 1.807) is 14.2 Å². The van der Waals surface area contributed by atoms with Crippen molar-refractivity contribution in [1.82, 2.24) is 24.3 Å². The summed E-state index contributed by atoms with van der Waals surface area (Å²) in [6.45, 7) is 9.10. The molecule has 2 aliphatic heterocycles. The monoisotopic (exact) mass is 523 g/mol. The number of aromatic nitrogens is 3. The molecule has 10 heteroatoms. The van der Waals surface area contributed by atoms with E-state index in [-0.39, 0.29) is 11.5 Å². The van der Waals surface area contributed by atoms with Gasteiger partial charge in [-0.15, -0.1) is 0 Å². The van der Waals surface area contributed by atoms with Gasteiger partial charge in [-0.25, -0.2) is 4.98 Å². The second kappa shape index (κ2) is 11.3. The third-order valence-corrected chi connectivity index (χ3v) is 7.57. The molecule has 3 aromatic rings. The number of nitrogens with two attached hydrogens (primary N) is 1. The number of methoxy groups -OCH3 is 2. The topological polar surface area (TPSA) is 103 Å². The molecule has 0 atom stereocenters. The van der Waals surface area contributed by atoms with Crippen LogP contribution in [0.5, 0.6) is 11.5 Å². The zero-order valence-electron chi connectivity index (χ0n) is 23.1. The largest absolute Gasteiger partial charge is 0.496 e. The highest BCUT2D eigenvalue weighted by molar-refractivity contribution is 5.87. The first kappa shape index (κ1) is 26.5. The van der Waals surface area contributed by atoms with E-state index < -0.39 is 0 Å². The average Bonchev–Trinajstić information content (AvgIpc) is 3.28. The van der Waals surface area contributed by atoms with Crippen LogP contribution in [0.2, 0.25) is 0 Å². The quantitative estimate of drug-likeness (QED) is 0.367. The van der Waals surface area contributed by atoms with E-state index in [0.29, 0.717) is 6.54 Å². The van der Waals surface area contributed by atoms with Crippen LogP contribution in [0, 0.1) is 0 Å². The Morgan fingerprint density at radius 1 is 1.08 bits per heavy atom. The van der Waals surface area contributed by atoms with Crippen LogP contribution in [0.4, 0.5) is 11.8 Å². The number of ether oxygens (including phenoxy) is 3. The molecule has 1 spiro atoms. The molecular formula is C28H41N7O3. The number of likely N-dealkylation sites (N-methyl/N-ethyl adjacent to an activating group) is 1.